The van der Waals surface area contributed by atoms with E-state index in [2.05, 4.69) is 29.1 Å². The maximum atomic E-state index is 13.2. The van der Waals surface area contributed by atoms with Crippen molar-refractivity contribution in [2.45, 2.75) is 39.0 Å². The highest BCUT2D eigenvalue weighted by molar-refractivity contribution is 5.94. The minimum absolute atomic E-state index is 0.0322. The summed E-state index contributed by atoms with van der Waals surface area (Å²) in [6, 6.07) is 8.00. The van der Waals surface area contributed by atoms with Crippen LogP contribution in [-0.4, -0.2) is 59.1 Å². The van der Waals surface area contributed by atoms with Gasteiger partial charge in [-0.2, -0.15) is 0 Å². The van der Waals surface area contributed by atoms with Gasteiger partial charge in [0.25, 0.3) is 5.91 Å². The Kier molecular flexibility index (Phi) is 4.76. The lowest BCUT2D eigenvalue weighted by molar-refractivity contribution is 0.0727. The first-order valence-electron chi connectivity index (χ1n) is 9.87. The molecular formula is C21H28N4O2. The lowest BCUT2D eigenvalue weighted by atomic mass is 9.71. The van der Waals surface area contributed by atoms with E-state index >= 15 is 0 Å². The molecule has 2 aromatic rings. The van der Waals surface area contributed by atoms with Crippen molar-refractivity contribution in [3.63, 3.8) is 0 Å². The van der Waals surface area contributed by atoms with E-state index in [1.165, 1.54) is 5.56 Å². The fraction of sp³-hybridized carbons (Fsp3) is 0.571. The van der Waals surface area contributed by atoms with Crippen LogP contribution in [0.15, 0.2) is 28.7 Å². The van der Waals surface area contributed by atoms with Crippen LogP contribution in [0.3, 0.4) is 0 Å². The number of nitrogens with zero attached hydrogens (tertiary/aromatic N) is 4. The molecule has 0 radical (unpaired) electrons. The van der Waals surface area contributed by atoms with Gasteiger partial charge >= 0.3 is 0 Å². The topological polar surface area (TPSA) is 62.5 Å². The van der Waals surface area contributed by atoms with Gasteiger partial charge in [-0.1, -0.05) is 19.1 Å². The number of benzene rings is 1. The van der Waals surface area contributed by atoms with Crippen LogP contribution >= 0.6 is 0 Å². The summed E-state index contributed by atoms with van der Waals surface area (Å²) in [5.74, 6) is 1.50. The van der Waals surface area contributed by atoms with E-state index in [-0.39, 0.29) is 17.2 Å². The van der Waals surface area contributed by atoms with E-state index in [9.17, 15) is 4.79 Å². The van der Waals surface area contributed by atoms with Crippen molar-refractivity contribution in [2.75, 3.05) is 33.2 Å². The Bertz CT molecular complexity index is 806. The number of amides is 1. The summed E-state index contributed by atoms with van der Waals surface area (Å²) in [4.78, 5) is 17.5. The second-order valence-electron chi connectivity index (χ2n) is 8.11. The zero-order valence-corrected chi connectivity index (χ0v) is 16.4. The molecule has 0 saturated carbocycles. The second-order valence-corrected chi connectivity index (χ2v) is 8.11. The quantitative estimate of drug-likeness (QED) is 0.834. The van der Waals surface area contributed by atoms with Crippen molar-refractivity contribution in [2.24, 2.45) is 5.41 Å². The first-order valence-corrected chi connectivity index (χ1v) is 9.87. The lowest BCUT2D eigenvalue weighted by Crippen LogP contribution is -2.42. The van der Waals surface area contributed by atoms with Gasteiger partial charge in [0.15, 0.2) is 0 Å². The SMILES string of the molecule is CCc1ccc(C(=O)N2CC(c3nnc(C)o3)C3(CCN(C)CC3)C2)cc1. The third-order valence-electron chi connectivity index (χ3n) is 6.37. The monoisotopic (exact) mass is 368 g/mol. The smallest absolute Gasteiger partial charge is 0.253 e. The Labute approximate surface area is 160 Å². The predicted molar refractivity (Wildman–Crippen MR) is 103 cm³/mol. The molecule has 0 bridgehead atoms. The molecule has 1 unspecified atom stereocenters. The minimum Gasteiger partial charge on any atom is -0.425 e. The number of aryl methyl sites for hydroxylation is 2. The zero-order chi connectivity index (χ0) is 19.0. The number of rotatable bonds is 3. The third-order valence-corrected chi connectivity index (χ3v) is 6.37. The summed E-state index contributed by atoms with van der Waals surface area (Å²) >= 11 is 0. The highest BCUT2D eigenvalue weighted by Crippen LogP contribution is 2.49. The summed E-state index contributed by atoms with van der Waals surface area (Å²) in [6.45, 7) is 7.44. The Hall–Kier alpha value is -2.21. The molecule has 0 N–H and O–H groups in total. The average molecular weight is 368 g/mol. The number of aromatic nitrogens is 2. The first kappa shape index (κ1) is 18.2. The minimum atomic E-state index is 0.0322. The first-order chi connectivity index (χ1) is 13.0. The number of hydrogen-bond donors (Lipinski definition) is 0. The van der Waals surface area contributed by atoms with Crippen LogP contribution in [-0.2, 0) is 6.42 Å². The Morgan fingerprint density at radius 2 is 1.93 bits per heavy atom. The van der Waals surface area contributed by atoms with E-state index in [0.29, 0.717) is 18.3 Å². The van der Waals surface area contributed by atoms with Crippen LogP contribution < -0.4 is 0 Å². The van der Waals surface area contributed by atoms with Crippen molar-refractivity contribution < 1.29 is 9.21 Å². The molecule has 0 aliphatic carbocycles. The molecule has 3 heterocycles. The van der Waals surface area contributed by atoms with E-state index in [0.717, 1.165) is 44.5 Å². The van der Waals surface area contributed by atoms with Crippen LogP contribution in [0.25, 0.3) is 0 Å². The largest absolute Gasteiger partial charge is 0.425 e. The van der Waals surface area contributed by atoms with Gasteiger partial charge in [-0.25, -0.2) is 0 Å². The summed E-state index contributed by atoms with van der Waals surface area (Å²) in [7, 11) is 2.16. The van der Waals surface area contributed by atoms with Crippen molar-refractivity contribution in [3.05, 3.63) is 47.2 Å². The van der Waals surface area contributed by atoms with Crippen LogP contribution in [0, 0.1) is 12.3 Å². The van der Waals surface area contributed by atoms with Crippen LogP contribution in [0.4, 0.5) is 0 Å². The highest BCUT2D eigenvalue weighted by atomic mass is 16.4. The molecule has 27 heavy (non-hydrogen) atoms. The molecular weight excluding hydrogens is 340 g/mol. The number of carbonyl (C=O) groups is 1. The third kappa shape index (κ3) is 3.38. The molecule has 1 amide bonds. The molecule has 144 valence electrons. The molecule has 1 atom stereocenters. The van der Waals surface area contributed by atoms with Gasteiger partial charge in [-0.05, 0) is 57.1 Å². The molecule has 6 nitrogen and oxygen atoms in total. The maximum Gasteiger partial charge on any atom is 0.253 e. The van der Waals surface area contributed by atoms with Crippen LogP contribution in [0.5, 0.6) is 0 Å². The fourth-order valence-electron chi connectivity index (χ4n) is 4.55. The van der Waals surface area contributed by atoms with Crippen molar-refractivity contribution >= 4 is 5.91 Å². The van der Waals surface area contributed by atoms with E-state index in [1.807, 2.05) is 36.1 Å². The Morgan fingerprint density at radius 3 is 2.52 bits per heavy atom. The molecule has 1 aromatic heterocycles. The van der Waals surface area contributed by atoms with Gasteiger partial charge in [0.2, 0.25) is 11.8 Å². The number of carbonyl (C=O) groups excluding carboxylic acids is 1. The number of hydrogen-bond acceptors (Lipinski definition) is 5. The second kappa shape index (κ2) is 7.08. The Balaban J connectivity index is 1.60. The normalized spacial score (nSPS) is 22.5. The van der Waals surface area contributed by atoms with E-state index in [1.54, 1.807) is 0 Å². The molecule has 2 fully saturated rings. The molecule has 1 aromatic carbocycles. The van der Waals surface area contributed by atoms with Gasteiger partial charge in [0.1, 0.15) is 0 Å². The highest BCUT2D eigenvalue weighted by Gasteiger charge is 2.51. The molecule has 2 aliphatic heterocycles. The molecule has 6 heteroatoms. The van der Waals surface area contributed by atoms with Gasteiger partial charge in [0, 0.05) is 31.0 Å². The lowest BCUT2D eigenvalue weighted by Gasteiger charge is -2.40. The summed E-state index contributed by atoms with van der Waals surface area (Å²) in [6.07, 6.45) is 3.08. The van der Waals surface area contributed by atoms with Gasteiger partial charge in [-0.3, -0.25) is 4.79 Å². The molecule has 4 rings (SSSR count). The Morgan fingerprint density at radius 1 is 1.22 bits per heavy atom. The zero-order valence-electron chi connectivity index (χ0n) is 16.4. The van der Waals surface area contributed by atoms with E-state index < -0.39 is 0 Å². The summed E-state index contributed by atoms with van der Waals surface area (Å²) in [5.41, 5.74) is 2.04. The predicted octanol–water partition coefficient (Wildman–Crippen LogP) is 2.89. The number of likely N-dealkylation sites (tertiary alicyclic amines) is 2. The van der Waals surface area contributed by atoms with Gasteiger partial charge in [-0.15, -0.1) is 10.2 Å². The molecule has 1 spiro atoms. The van der Waals surface area contributed by atoms with Gasteiger partial charge < -0.3 is 14.2 Å². The van der Waals surface area contributed by atoms with Crippen LogP contribution in [0.1, 0.15) is 53.4 Å². The fourth-order valence-corrected chi connectivity index (χ4v) is 4.55. The van der Waals surface area contributed by atoms with Crippen molar-refractivity contribution in [1.82, 2.24) is 20.0 Å². The summed E-state index contributed by atoms with van der Waals surface area (Å²) in [5, 5.41) is 8.36. The standard InChI is InChI=1S/C21H28N4O2/c1-4-16-5-7-17(8-6-16)20(26)25-13-18(19-23-22-15(2)27-19)21(14-25)9-11-24(3)12-10-21/h5-8,18H,4,9-14H2,1-3H3. The average Bonchev–Trinajstić information content (AvgIpc) is 3.28. The van der Waals surface area contributed by atoms with Gasteiger partial charge in [0.05, 0.1) is 5.92 Å². The maximum absolute atomic E-state index is 13.2. The van der Waals surface area contributed by atoms with Crippen molar-refractivity contribution in [3.8, 4) is 0 Å². The van der Waals surface area contributed by atoms with Crippen LogP contribution in [0.2, 0.25) is 0 Å². The van der Waals surface area contributed by atoms with E-state index in [4.69, 9.17) is 4.42 Å². The molecule has 2 aliphatic rings. The number of piperidine rings is 1. The molecule has 2 saturated heterocycles. The summed E-state index contributed by atoms with van der Waals surface area (Å²) < 4.78 is 5.81. The van der Waals surface area contributed by atoms with Crippen molar-refractivity contribution in [1.29, 1.82) is 0 Å².